The summed E-state index contributed by atoms with van der Waals surface area (Å²) < 4.78 is 16.2. The Balaban J connectivity index is 1.46. The second kappa shape index (κ2) is 9.72. The molecule has 2 aromatic heterocycles. The van der Waals surface area contributed by atoms with Gasteiger partial charge in [0.25, 0.3) is 0 Å². The van der Waals surface area contributed by atoms with Crippen LogP contribution in [0.1, 0.15) is 48.4 Å². The number of nitriles is 1. The van der Waals surface area contributed by atoms with Gasteiger partial charge in [-0.05, 0) is 67.3 Å². The molecule has 0 saturated carbocycles. The molecule has 1 aliphatic heterocycles. The second-order valence-corrected chi connectivity index (χ2v) is 13.1. The first-order valence-electron chi connectivity index (χ1n) is 12.4. The van der Waals surface area contributed by atoms with E-state index in [9.17, 15) is 9.47 Å². The molecule has 0 spiro atoms. The number of hydrogen-bond donors (Lipinski definition) is 2. The van der Waals surface area contributed by atoms with Crippen LogP contribution in [0.2, 0.25) is 0 Å². The molecule has 1 atom stereocenters. The van der Waals surface area contributed by atoms with Gasteiger partial charge in [0.1, 0.15) is 17.5 Å². The van der Waals surface area contributed by atoms with Gasteiger partial charge >= 0.3 is 0 Å². The Morgan fingerprint density at radius 3 is 2.76 bits per heavy atom. The molecule has 192 valence electrons. The van der Waals surface area contributed by atoms with Crippen molar-refractivity contribution < 1.29 is 4.21 Å². The zero-order chi connectivity index (χ0) is 26.2. The summed E-state index contributed by atoms with van der Waals surface area (Å²) in [7, 11) is -0.158. The van der Waals surface area contributed by atoms with Gasteiger partial charge in [-0.25, -0.2) is 14.2 Å². The first-order chi connectivity index (χ1) is 17.6. The Kier molecular flexibility index (Phi) is 6.60. The standard InChI is InChI=1S/C27H32N8OS/c1-27-11-6-5-8-18-12-21(13-19(24(18)27)16-35(2)17-27)30-26-29-15-20(14-28)25(33-26)32-22-9-7-10-23(31-22)34-37(3,4)36/h7,9-10,12-13,15H,5-6,8,11,16-17H2,1-4H3,(H2,29,30,31,32,33)/t27-/m0/s1. The van der Waals surface area contributed by atoms with Crippen LogP contribution in [0.15, 0.2) is 40.9 Å². The largest absolute Gasteiger partial charge is 0.324 e. The fourth-order valence-corrected chi connectivity index (χ4v) is 6.18. The summed E-state index contributed by atoms with van der Waals surface area (Å²) in [5.74, 6) is 1.52. The minimum absolute atomic E-state index is 0.186. The van der Waals surface area contributed by atoms with Crippen molar-refractivity contribution in [3.05, 3.63) is 58.8 Å². The normalized spacial score (nSPS) is 19.3. The van der Waals surface area contributed by atoms with Crippen molar-refractivity contribution in [2.45, 2.75) is 44.6 Å². The van der Waals surface area contributed by atoms with E-state index in [0.29, 0.717) is 29.0 Å². The lowest BCUT2D eigenvalue weighted by molar-refractivity contribution is 0.213. The van der Waals surface area contributed by atoms with Gasteiger partial charge in [-0.1, -0.05) is 19.4 Å². The highest BCUT2D eigenvalue weighted by molar-refractivity contribution is 7.92. The fraction of sp³-hybridized carbons (Fsp3) is 0.407. The third-order valence-electron chi connectivity index (χ3n) is 6.85. The van der Waals surface area contributed by atoms with Crippen molar-refractivity contribution in [2.24, 2.45) is 4.36 Å². The minimum Gasteiger partial charge on any atom is -0.324 e. The van der Waals surface area contributed by atoms with Gasteiger partial charge in [0.05, 0.1) is 6.20 Å². The maximum Gasteiger partial charge on any atom is 0.229 e. The van der Waals surface area contributed by atoms with Crippen LogP contribution in [0.4, 0.5) is 29.1 Å². The van der Waals surface area contributed by atoms with Gasteiger partial charge in [0.15, 0.2) is 11.6 Å². The molecule has 0 unspecified atom stereocenters. The number of benzene rings is 1. The van der Waals surface area contributed by atoms with E-state index in [4.69, 9.17) is 0 Å². The Morgan fingerprint density at radius 2 is 1.97 bits per heavy atom. The summed E-state index contributed by atoms with van der Waals surface area (Å²) in [5, 5.41) is 16.1. The number of nitrogens with one attached hydrogen (secondary N) is 2. The highest BCUT2D eigenvalue weighted by Crippen LogP contribution is 2.43. The molecule has 9 nitrogen and oxygen atoms in total. The van der Waals surface area contributed by atoms with E-state index in [2.05, 4.69) is 67.0 Å². The first-order valence-corrected chi connectivity index (χ1v) is 14.8. The minimum atomic E-state index is -2.35. The molecule has 3 heterocycles. The van der Waals surface area contributed by atoms with E-state index in [-0.39, 0.29) is 5.41 Å². The Labute approximate surface area is 218 Å². The van der Waals surface area contributed by atoms with Crippen LogP contribution in [-0.4, -0.2) is 50.2 Å². The summed E-state index contributed by atoms with van der Waals surface area (Å²) in [6, 6.07) is 11.8. The molecule has 0 fully saturated rings. The Hall–Kier alpha value is -3.55. The maximum atomic E-state index is 12.1. The highest BCUT2D eigenvalue weighted by atomic mass is 32.2. The Morgan fingerprint density at radius 1 is 1.16 bits per heavy atom. The van der Waals surface area contributed by atoms with E-state index >= 15 is 0 Å². The van der Waals surface area contributed by atoms with Crippen LogP contribution in [0.5, 0.6) is 0 Å². The summed E-state index contributed by atoms with van der Waals surface area (Å²) in [6.45, 7) is 4.41. The number of nitrogens with zero attached hydrogens (tertiary/aromatic N) is 6. The monoisotopic (exact) mass is 516 g/mol. The zero-order valence-electron chi connectivity index (χ0n) is 21.7. The van der Waals surface area contributed by atoms with Crippen LogP contribution >= 0.6 is 0 Å². The topological polar surface area (TPSA) is 119 Å². The molecule has 10 heteroatoms. The second-order valence-electron chi connectivity index (χ2n) is 10.6. The number of hydrogen-bond acceptors (Lipinski definition) is 9. The van der Waals surface area contributed by atoms with Crippen LogP contribution in [0.25, 0.3) is 0 Å². The van der Waals surface area contributed by atoms with Crippen molar-refractivity contribution in [3.63, 3.8) is 0 Å². The van der Waals surface area contributed by atoms with Gasteiger partial charge in [-0.3, -0.25) is 0 Å². The average Bonchev–Trinajstić information content (AvgIpc) is 2.97. The summed E-state index contributed by atoms with van der Waals surface area (Å²) in [4.78, 5) is 15.8. The number of anilines is 4. The molecule has 5 rings (SSSR count). The predicted octanol–water partition coefficient (Wildman–Crippen LogP) is 5.02. The lowest BCUT2D eigenvalue weighted by Gasteiger charge is -2.41. The van der Waals surface area contributed by atoms with Crippen molar-refractivity contribution in [1.82, 2.24) is 19.9 Å². The predicted molar refractivity (Wildman–Crippen MR) is 147 cm³/mol. The summed E-state index contributed by atoms with van der Waals surface area (Å²) in [5.41, 5.74) is 5.72. The van der Waals surface area contributed by atoms with Crippen molar-refractivity contribution in [3.8, 4) is 6.07 Å². The molecule has 3 aromatic rings. The van der Waals surface area contributed by atoms with Gasteiger partial charge in [0.2, 0.25) is 5.95 Å². The van der Waals surface area contributed by atoms with Crippen molar-refractivity contribution in [2.75, 3.05) is 36.7 Å². The Bertz CT molecular complexity index is 1510. The SMILES string of the molecule is CN1Cc2cc(Nc3ncc(C#N)c(Nc4cccc(N=S(C)(C)=O)n4)n3)cc3c2[C@@](C)(CCCC3)C1. The quantitative estimate of drug-likeness (QED) is 0.485. The van der Waals surface area contributed by atoms with Crippen molar-refractivity contribution in [1.29, 1.82) is 5.26 Å². The average molecular weight is 517 g/mol. The molecule has 1 aromatic carbocycles. The van der Waals surface area contributed by atoms with E-state index in [0.717, 1.165) is 25.2 Å². The van der Waals surface area contributed by atoms with Crippen LogP contribution < -0.4 is 10.6 Å². The molecule has 0 radical (unpaired) electrons. The first kappa shape index (κ1) is 25.1. The molecule has 2 N–H and O–H groups in total. The third-order valence-corrected chi connectivity index (χ3v) is 7.48. The van der Waals surface area contributed by atoms with Gasteiger partial charge in [-0.2, -0.15) is 14.6 Å². The van der Waals surface area contributed by atoms with E-state index < -0.39 is 9.73 Å². The van der Waals surface area contributed by atoms with Crippen LogP contribution in [0.3, 0.4) is 0 Å². The molecule has 37 heavy (non-hydrogen) atoms. The molecular formula is C27H32N8OS. The molecular weight excluding hydrogens is 484 g/mol. The lowest BCUT2D eigenvalue weighted by atomic mass is 9.73. The molecule has 0 saturated heterocycles. The number of pyridine rings is 1. The summed E-state index contributed by atoms with van der Waals surface area (Å²) in [6.07, 6.45) is 9.33. The summed E-state index contributed by atoms with van der Waals surface area (Å²) >= 11 is 0. The third kappa shape index (κ3) is 5.58. The smallest absolute Gasteiger partial charge is 0.229 e. The van der Waals surface area contributed by atoms with Crippen LogP contribution in [-0.2, 0) is 28.1 Å². The van der Waals surface area contributed by atoms with Crippen molar-refractivity contribution >= 4 is 38.8 Å². The molecule has 1 aliphatic carbocycles. The molecule has 2 aliphatic rings. The number of rotatable bonds is 5. The van der Waals surface area contributed by atoms with E-state index in [1.165, 1.54) is 42.1 Å². The number of aryl methyl sites for hydroxylation is 1. The van der Waals surface area contributed by atoms with Gasteiger partial charge in [-0.15, -0.1) is 0 Å². The molecule has 0 amide bonds. The maximum absolute atomic E-state index is 12.1. The van der Waals surface area contributed by atoms with Gasteiger partial charge < -0.3 is 15.5 Å². The number of likely N-dealkylation sites (N-methyl/N-ethyl adjacent to an activating group) is 1. The van der Waals surface area contributed by atoms with Crippen LogP contribution in [0, 0.1) is 11.3 Å². The van der Waals surface area contributed by atoms with Gasteiger partial charge in [0, 0.05) is 46.4 Å². The highest BCUT2D eigenvalue weighted by Gasteiger charge is 2.37. The molecule has 0 bridgehead atoms. The van der Waals surface area contributed by atoms with E-state index in [1.807, 2.05) is 0 Å². The van der Waals surface area contributed by atoms with E-state index in [1.54, 1.807) is 30.7 Å². The fourth-order valence-electron chi connectivity index (χ4n) is 5.63. The zero-order valence-corrected chi connectivity index (χ0v) is 22.5. The lowest BCUT2D eigenvalue weighted by Crippen LogP contribution is -2.42. The number of aromatic nitrogens is 3.